The Morgan fingerprint density at radius 3 is 2.76 bits per heavy atom. The molecule has 1 rings (SSSR count). The Balaban J connectivity index is 2.31. The lowest BCUT2D eigenvalue weighted by Crippen LogP contribution is -2.54. The van der Waals surface area contributed by atoms with Gasteiger partial charge in [0.15, 0.2) is 0 Å². The summed E-state index contributed by atoms with van der Waals surface area (Å²) in [5.41, 5.74) is 5.68. The summed E-state index contributed by atoms with van der Waals surface area (Å²) >= 11 is 0. The highest BCUT2D eigenvalue weighted by Gasteiger charge is 2.30. The maximum atomic E-state index is 11.9. The Hall–Kier alpha value is -0.650. The maximum Gasteiger partial charge on any atom is 0.237 e. The van der Waals surface area contributed by atoms with Gasteiger partial charge in [0.2, 0.25) is 5.91 Å². The van der Waals surface area contributed by atoms with Crippen LogP contribution in [0, 0.1) is 0 Å². The minimum Gasteiger partial charge on any atom is -0.385 e. The number of hydrogen-bond donors (Lipinski definition) is 2. The summed E-state index contributed by atoms with van der Waals surface area (Å²) in [6.45, 7) is 4.10. The van der Waals surface area contributed by atoms with Crippen molar-refractivity contribution in [3.63, 3.8) is 0 Å². The zero-order valence-corrected chi connectivity index (χ0v) is 10.8. The summed E-state index contributed by atoms with van der Waals surface area (Å²) in [5, 5.41) is 3.04. The Morgan fingerprint density at radius 1 is 1.53 bits per heavy atom. The van der Waals surface area contributed by atoms with Crippen LogP contribution in [0.4, 0.5) is 0 Å². The molecule has 1 aliphatic rings. The first-order chi connectivity index (χ1) is 8.07. The Labute approximate surface area is 103 Å². The van der Waals surface area contributed by atoms with E-state index in [-0.39, 0.29) is 11.4 Å². The normalized spacial score (nSPS) is 20.9. The molecule has 0 aromatic rings. The van der Waals surface area contributed by atoms with Crippen molar-refractivity contribution in [2.24, 2.45) is 5.73 Å². The number of methoxy groups -OCH3 is 1. The molecule has 0 aromatic heterocycles. The first-order valence-electron chi connectivity index (χ1n) is 6.22. The van der Waals surface area contributed by atoms with Gasteiger partial charge in [0.25, 0.3) is 0 Å². The fourth-order valence-electron chi connectivity index (χ4n) is 1.92. The third-order valence-electron chi connectivity index (χ3n) is 3.22. The lowest BCUT2D eigenvalue weighted by Gasteiger charge is -2.35. The molecule has 0 aliphatic carbocycles. The number of hydrogen-bond acceptors (Lipinski definition) is 4. The Kier molecular flexibility index (Phi) is 5.88. The van der Waals surface area contributed by atoms with Crippen LogP contribution in [0.2, 0.25) is 0 Å². The summed E-state index contributed by atoms with van der Waals surface area (Å²) in [5.74, 6) is -0.0643. The van der Waals surface area contributed by atoms with Gasteiger partial charge in [-0.25, -0.2) is 0 Å². The second kappa shape index (κ2) is 6.93. The van der Waals surface area contributed by atoms with Crippen molar-refractivity contribution in [3.8, 4) is 0 Å². The predicted molar refractivity (Wildman–Crippen MR) is 65.7 cm³/mol. The van der Waals surface area contributed by atoms with Crippen LogP contribution in [0.25, 0.3) is 0 Å². The minimum atomic E-state index is -0.440. The molecule has 1 unspecified atom stereocenters. The molecule has 0 radical (unpaired) electrons. The molecule has 0 bridgehead atoms. The van der Waals surface area contributed by atoms with Crippen LogP contribution in [0.1, 0.15) is 32.6 Å². The molecule has 1 atom stereocenters. The van der Waals surface area contributed by atoms with E-state index in [1.54, 1.807) is 7.11 Å². The average Bonchev–Trinajstić information content (AvgIpc) is 2.29. The molecule has 1 aliphatic heterocycles. The number of amides is 1. The van der Waals surface area contributed by atoms with Crippen molar-refractivity contribution < 1.29 is 14.3 Å². The molecule has 5 nitrogen and oxygen atoms in total. The van der Waals surface area contributed by atoms with Gasteiger partial charge >= 0.3 is 0 Å². The molecule has 1 amide bonds. The highest BCUT2D eigenvalue weighted by molar-refractivity contribution is 5.82. The van der Waals surface area contributed by atoms with E-state index in [0.29, 0.717) is 26.2 Å². The highest BCUT2D eigenvalue weighted by Crippen LogP contribution is 2.19. The molecule has 0 aromatic carbocycles. The largest absolute Gasteiger partial charge is 0.385 e. The number of carbonyl (C=O) groups excluding carboxylic acids is 1. The van der Waals surface area contributed by atoms with E-state index in [2.05, 4.69) is 12.2 Å². The fourth-order valence-corrected chi connectivity index (χ4v) is 1.92. The summed E-state index contributed by atoms with van der Waals surface area (Å²) in [6.07, 6.45) is 3.17. The van der Waals surface area contributed by atoms with Crippen molar-refractivity contribution in [2.45, 2.75) is 44.2 Å². The third-order valence-corrected chi connectivity index (χ3v) is 3.22. The lowest BCUT2D eigenvalue weighted by atomic mass is 9.92. The first-order valence-corrected chi connectivity index (χ1v) is 6.22. The van der Waals surface area contributed by atoms with Crippen molar-refractivity contribution in [3.05, 3.63) is 0 Å². The summed E-state index contributed by atoms with van der Waals surface area (Å²) in [7, 11) is 1.65. The maximum absolute atomic E-state index is 11.9. The summed E-state index contributed by atoms with van der Waals surface area (Å²) in [4.78, 5) is 11.9. The van der Waals surface area contributed by atoms with Gasteiger partial charge in [-0.2, -0.15) is 0 Å². The SMILES string of the molecule is COCCCC(N)C(=O)NC1(C)CCOCC1. The van der Waals surface area contributed by atoms with Crippen LogP contribution >= 0.6 is 0 Å². The van der Waals surface area contributed by atoms with E-state index in [4.69, 9.17) is 15.2 Å². The number of rotatable bonds is 6. The van der Waals surface area contributed by atoms with Gasteiger partial charge < -0.3 is 20.5 Å². The number of ether oxygens (including phenoxy) is 2. The van der Waals surface area contributed by atoms with Gasteiger partial charge in [-0.15, -0.1) is 0 Å². The topological polar surface area (TPSA) is 73.6 Å². The van der Waals surface area contributed by atoms with E-state index in [9.17, 15) is 4.79 Å². The van der Waals surface area contributed by atoms with Crippen LogP contribution in [0.5, 0.6) is 0 Å². The molecular formula is C12H24N2O3. The van der Waals surface area contributed by atoms with Crippen LogP contribution in [-0.2, 0) is 14.3 Å². The number of carbonyl (C=O) groups is 1. The second-order valence-electron chi connectivity index (χ2n) is 4.90. The predicted octanol–water partition coefficient (Wildman–Crippen LogP) is 0.426. The zero-order valence-electron chi connectivity index (χ0n) is 10.8. The molecule has 1 heterocycles. The van der Waals surface area contributed by atoms with E-state index < -0.39 is 6.04 Å². The van der Waals surface area contributed by atoms with Crippen molar-refractivity contribution in [2.75, 3.05) is 26.9 Å². The van der Waals surface area contributed by atoms with Gasteiger partial charge in [-0.3, -0.25) is 4.79 Å². The van der Waals surface area contributed by atoms with Crippen molar-refractivity contribution >= 4 is 5.91 Å². The van der Waals surface area contributed by atoms with E-state index in [1.165, 1.54) is 0 Å². The van der Waals surface area contributed by atoms with E-state index in [0.717, 1.165) is 19.3 Å². The quantitative estimate of drug-likeness (QED) is 0.664. The fraction of sp³-hybridized carbons (Fsp3) is 0.917. The van der Waals surface area contributed by atoms with Crippen molar-refractivity contribution in [1.29, 1.82) is 0 Å². The van der Waals surface area contributed by atoms with Crippen LogP contribution in [0.15, 0.2) is 0 Å². The molecule has 100 valence electrons. The minimum absolute atomic E-state index is 0.0643. The lowest BCUT2D eigenvalue weighted by molar-refractivity contribution is -0.125. The summed E-state index contributed by atoms with van der Waals surface area (Å²) < 4.78 is 10.2. The van der Waals surface area contributed by atoms with E-state index >= 15 is 0 Å². The van der Waals surface area contributed by atoms with Gasteiger partial charge in [0.1, 0.15) is 0 Å². The van der Waals surface area contributed by atoms with Gasteiger partial charge in [-0.1, -0.05) is 0 Å². The third kappa shape index (κ3) is 5.02. The smallest absolute Gasteiger partial charge is 0.237 e. The van der Waals surface area contributed by atoms with Gasteiger partial charge in [0, 0.05) is 32.5 Å². The Bertz CT molecular complexity index is 240. The van der Waals surface area contributed by atoms with Crippen LogP contribution in [-0.4, -0.2) is 44.4 Å². The van der Waals surface area contributed by atoms with Gasteiger partial charge in [-0.05, 0) is 32.6 Å². The molecule has 1 saturated heterocycles. The van der Waals surface area contributed by atoms with Crippen LogP contribution in [0.3, 0.4) is 0 Å². The number of nitrogens with one attached hydrogen (secondary N) is 1. The van der Waals surface area contributed by atoms with Crippen molar-refractivity contribution in [1.82, 2.24) is 5.32 Å². The molecule has 0 spiro atoms. The molecule has 5 heteroatoms. The molecular weight excluding hydrogens is 220 g/mol. The first kappa shape index (κ1) is 14.4. The number of nitrogens with two attached hydrogens (primary N) is 1. The molecule has 0 saturated carbocycles. The zero-order chi connectivity index (χ0) is 12.7. The van der Waals surface area contributed by atoms with E-state index in [1.807, 2.05) is 0 Å². The molecule has 3 N–H and O–H groups in total. The molecule has 17 heavy (non-hydrogen) atoms. The Morgan fingerprint density at radius 2 is 2.18 bits per heavy atom. The highest BCUT2D eigenvalue weighted by atomic mass is 16.5. The average molecular weight is 244 g/mol. The standard InChI is InChI=1S/C12H24N2O3/c1-12(5-8-17-9-6-12)14-11(15)10(13)4-3-7-16-2/h10H,3-9,13H2,1-2H3,(H,14,15). The summed E-state index contributed by atoms with van der Waals surface area (Å²) in [6, 6.07) is -0.440. The van der Waals surface area contributed by atoms with Crippen LogP contribution < -0.4 is 11.1 Å². The molecule has 1 fully saturated rings. The monoisotopic (exact) mass is 244 g/mol. The second-order valence-corrected chi connectivity index (χ2v) is 4.90. The van der Waals surface area contributed by atoms with Gasteiger partial charge in [0.05, 0.1) is 6.04 Å².